The van der Waals surface area contributed by atoms with Crippen molar-refractivity contribution >= 4 is 5.91 Å². The second kappa shape index (κ2) is 3.87. The van der Waals surface area contributed by atoms with Gasteiger partial charge in [-0.3, -0.25) is 4.79 Å². The third kappa shape index (κ3) is 2.96. The zero-order chi connectivity index (χ0) is 10.8. The van der Waals surface area contributed by atoms with Crippen LogP contribution in [0.2, 0.25) is 0 Å². The van der Waals surface area contributed by atoms with Crippen LogP contribution in [0.25, 0.3) is 0 Å². The summed E-state index contributed by atoms with van der Waals surface area (Å²) in [6.45, 7) is 7.78. The van der Waals surface area contributed by atoms with Gasteiger partial charge in [-0.1, -0.05) is 20.8 Å². The highest BCUT2D eigenvalue weighted by Gasteiger charge is 2.38. The van der Waals surface area contributed by atoms with Gasteiger partial charge in [0.25, 0.3) is 0 Å². The molecule has 0 radical (unpaired) electrons. The molecule has 14 heavy (non-hydrogen) atoms. The van der Waals surface area contributed by atoms with E-state index in [-0.39, 0.29) is 11.3 Å². The molecule has 1 fully saturated rings. The SMILES string of the molecule is CC(C)(C)CNC(=O)C1(N)CCOC1. The van der Waals surface area contributed by atoms with Crippen LogP contribution >= 0.6 is 0 Å². The standard InChI is InChI=1S/C10H20N2O2/c1-9(2,3)6-12-8(13)10(11)4-5-14-7-10/h4-7,11H2,1-3H3,(H,12,13). The van der Waals surface area contributed by atoms with Gasteiger partial charge >= 0.3 is 0 Å². The van der Waals surface area contributed by atoms with E-state index in [1.165, 1.54) is 0 Å². The smallest absolute Gasteiger partial charge is 0.242 e. The lowest BCUT2D eigenvalue weighted by molar-refractivity contribution is -0.126. The molecule has 1 rings (SSSR count). The molecule has 3 N–H and O–H groups in total. The summed E-state index contributed by atoms with van der Waals surface area (Å²) in [6, 6.07) is 0. The van der Waals surface area contributed by atoms with Crippen molar-refractivity contribution in [1.82, 2.24) is 5.32 Å². The van der Waals surface area contributed by atoms with Crippen molar-refractivity contribution in [3.05, 3.63) is 0 Å². The van der Waals surface area contributed by atoms with Crippen molar-refractivity contribution in [2.75, 3.05) is 19.8 Å². The first-order chi connectivity index (χ1) is 6.33. The molecule has 1 atom stereocenters. The zero-order valence-electron chi connectivity index (χ0n) is 9.22. The van der Waals surface area contributed by atoms with Crippen LogP contribution in [-0.2, 0) is 9.53 Å². The third-order valence-electron chi connectivity index (χ3n) is 2.28. The first-order valence-electron chi connectivity index (χ1n) is 4.98. The number of rotatable bonds is 2. The molecule has 4 heteroatoms. The number of amides is 1. The van der Waals surface area contributed by atoms with E-state index in [9.17, 15) is 4.79 Å². The molecule has 0 saturated carbocycles. The van der Waals surface area contributed by atoms with Crippen molar-refractivity contribution in [3.8, 4) is 0 Å². The Morgan fingerprint density at radius 2 is 2.21 bits per heavy atom. The molecule has 1 amide bonds. The minimum Gasteiger partial charge on any atom is -0.379 e. The predicted octanol–water partition coefficient (Wildman–Crippen LogP) is 0.267. The van der Waals surface area contributed by atoms with Crippen molar-refractivity contribution < 1.29 is 9.53 Å². The minimum absolute atomic E-state index is 0.0888. The number of nitrogens with two attached hydrogens (primary N) is 1. The maximum atomic E-state index is 11.7. The summed E-state index contributed by atoms with van der Waals surface area (Å²) in [5, 5.41) is 2.86. The second-order valence-corrected chi connectivity index (χ2v) is 5.20. The Labute approximate surface area is 85.2 Å². The lowest BCUT2D eigenvalue weighted by atomic mass is 9.95. The summed E-state index contributed by atoms with van der Waals surface area (Å²) in [4.78, 5) is 11.7. The fourth-order valence-electron chi connectivity index (χ4n) is 1.28. The Morgan fingerprint density at radius 1 is 1.57 bits per heavy atom. The molecule has 0 aliphatic carbocycles. The summed E-state index contributed by atoms with van der Waals surface area (Å²) in [7, 11) is 0. The largest absolute Gasteiger partial charge is 0.379 e. The van der Waals surface area contributed by atoms with Gasteiger partial charge in [-0.15, -0.1) is 0 Å². The van der Waals surface area contributed by atoms with Gasteiger partial charge < -0.3 is 15.8 Å². The first-order valence-corrected chi connectivity index (χ1v) is 4.98. The van der Waals surface area contributed by atoms with Crippen molar-refractivity contribution in [3.63, 3.8) is 0 Å². The van der Waals surface area contributed by atoms with Crippen LogP contribution < -0.4 is 11.1 Å². The Hall–Kier alpha value is -0.610. The molecule has 1 unspecified atom stereocenters. The van der Waals surface area contributed by atoms with Gasteiger partial charge in [-0.2, -0.15) is 0 Å². The molecule has 1 heterocycles. The molecule has 0 aromatic carbocycles. The van der Waals surface area contributed by atoms with Gasteiger partial charge in [-0.05, 0) is 11.8 Å². The van der Waals surface area contributed by atoms with Gasteiger partial charge in [0.1, 0.15) is 5.54 Å². The average molecular weight is 200 g/mol. The van der Waals surface area contributed by atoms with Crippen LogP contribution in [0.1, 0.15) is 27.2 Å². The van der Waals surface area contributed by atoms with E-state index in [0.29, 0.717) is 26.2 Å². The van der Waals surface area contributed by atoms with Crippen molar-refractivity contribution in [1.29, 1.82) is 0 Å². The van der Waals surface area contributed by atoms with E-state index in [1.54, 1.807) is 0 Å². The Morgan fingerprint density at radius 3 is 2.64 bits per heavy atom. The number of nitrogens with one attached hydrogen (secondary N) is 1. The highest BCUT2D eigenvalue weighted by Crippen LogP contribution is 2.16. The van der Waals surface area contributed by atoms with Gasteiger partial charge in [0.15, 0.2) is 0 Å². The summed E-state index contributed by atoms with van der Waals surface area (Å²) >= 11 is 0. The molecule has 0 aromatic rings. The molecule has 0 bridgehead atoms. The summed E-state index contributed by atoms with van der Waals surface area (Å²) in [6.07, 6.45) is 0.614. The Bertz CT molecular complexity index is 215. The first kappa shape index (κ1) is 11.5. The van der Waals surface area contributed by atoms with Gasteiger partial charge in [0, 0.05) is 13.2 Å². The second-order valence-electron chi connectivity index (χ2n) is 5.20. The molecular weight excluding hydrogens is 180 g/mol. The summed E-state index contributed by atoms with van der Waals surface area (Å²) in [5.41, 5.74) is 5.18. The predicted molar refractivity (Wildman–Crippen MR) is 54.8 cm³/mol. The van der Waals surface area contributed by atoms with Crippen molar-refractivity contribution in [2.24, 2.45) is 11.1 Å². The molecule has 4 nitrogen and oxygen atoms in total. The lowest BCUT2D eigenvalue weighted by Crippen LogP contribution is -2.55. The van der Waals surface area contributed by atoms with Gasteiger partial charge in [0.2, 0.25) is 5.91 Å². The molecule has 0 aromatic heterocycles. The number of carbonyl (C=O) groups excluding carboxylic acids is 1. The van der Waals surface area contributed by atoms with Crippen LogP contribution in [0.5, 0.6) is 0 Å². The van der Waals surface area contributed by atoms with Crippen LogP contribution in [0, 0.1) is 5.41 Å². The zero-order valence-corrected chi connectivity index (χ0v) is 9.22. The fraction of sp³-hybridized carbons (Fsp3) is 0.900. The fourth-order valence-corrected chi connectivity index (χ4v) is 1.28. The van der Waals surface area contributed by atoms with Crippen LogP contribution in [0.3, 0.4) is 0 Å². The molecule has 1 aliphatic heterocycles. The highest BCUT2D eigenvalue weighted by atomic mass is 16.5. The number of ether oxygens (including phenoxy) is 1. The third-order valence-corrected chi connectivity index (χ3v) is 2.28. The number of hydrogen-bond acceptors (Lipinski definition) is 3. The Kier molecular flexibility index (Phi) is 3.17. The topological polar surface area (TPSA) is 64.4 Å². The van der Waals surface area contributed by atoms with Gasteiger partial charge in [-0.25, -0.2) is 0 Å². The molecule has 0 spiro atoms. The molecule has 1 saturated heterocycles. The maximum Gasteiger partial charge on any atom is 0.242 e. The normalized spacial score (nSPS) is 27.7. The quantitative estimate of drug-likeness (QED) is 0.672. The summed E-state index contributed by atoms with van der Waals surface area (Å²) in [5.74, 6) is -0.0927. The van der Waals surface area contributed by atoms with E-state index in [1.807, 2.05) is 0 Å². The van der Waals surface area contributed by atoms with E-state index in [4.69, 9.17) is 10.5 Å². The van der Waals surface area contributed by atoms with Crippen LogP contribution in [0.15, 0.2) is 0 Å². The monoisotopic (exact) mass is 200 g/mol. The number of carbonyl (C=O) groups is 1. The van der Waals surface area contributed by atoms with E-state index >= 15 is 0 Å². The maximum absolute atomic E-state index is 11.7. The van der Waals surface area contributed by atoms with Crippen molar-refractivity contribution in [2.45, 2.75) is 32.7 Å². The summed E-state index contributed by atoms with van der Waals surface area (Å²) < 4.78 is 5.13. The minimum atomic E-state index is -0.800. The average Bonchev–Trinajstić information content (AvgIpc) is 2.48. The lowest BCUT2D eigenvalue weighted by Gasteiger charge is -2.24. The molecule has 82 valence electrons. The van der Waals surface area contributed by atoms with Gasteiger partial charge in [0.05, 0.1) is 6.61 Å². The highest BCUT2D eigenvalue weighted by molar-refractivity contribution is 5.86. The van der Waals surface area contributed by atoms with Crippen LogP contribution in [-0.4, -0.2) is 31.2 Å². The van der Waals surface area contributed by atoms with E-state index < -0.39 is 5.54 Å². The van der Waals surface area contributed by atoms with E-state index in [2.05, 4.69) is 26.1 Å². The number of hydrogen-bond donors (Lipinski definition) is 2. The van der Waals surface area contributed by atoms with E-state index in [0.717, 1.165) is 0 Å². The molecular formula is C10H20N2O2. The molecule has 1 aliphatic rings. The Balaban J connectivity index is 2.42. The van der Waals surface area contributed by atoms with Crippen LogP contribution in [0.4, 0.5) is 0 Å².